The summed E-state index contributed by atoms with van der Waals surface area (Å²) in [6.07, 6.45) is 4.17. The molecule has 1 atom stereocenters. The first-order chi connectivity index (χ1) is 13.5. The molecule has 0 fully saturated rings. The smallest absolute Gasteiger partial charge is 0.336 e. The van der Waals surface area contributed by atoms with Crippen molar-refractivity contribution in [3.05, 3.63) is 63.5 Å². The van der Waals surface area contributed by atoms with Crippen molar-refractivity contribution in [2.45, 2.75) is 52.4 Å². The molecule has 4 rings (SSSR count). The average Bonchev–Trinajstić information content (AvgIpc) is 2.68. The van der Waals surface area contributed by atoms with Crippen molar-refractivity contribution in [3.8, 4) is 0 Å². The number of nitrogen functional groups attached to an aromatic ring is 1. The highest BCUT2D eigenvalue weighted by Crippen LogP contribution is 2.46. The Labute approximate surface area is 166 Å². The fourth-order valence-corrected chi connectivity index (χ4v) is 4.35. The second-order valence-electron chi connectivity index (χ2n) is 7.65. The van der Waals surface area contributed by atoms with E-state index in [2.05, 4.69) is 36.5 Å². The van der Waals surface area contributed by atoms with Gasteiger partial charge in [-0.25, -0.2) is 9.78 Å². The van der Waals surface area contributed by atoms with Crippen LogP contribution in [0.3, 0.4) is 0 Å². The van der Waals surface area contributed by atoms with Crippen LogP contribution in [0.2, 0.25) is 0 Å². The van der Waals surface area contributed by atoms with Gasteiger partial charge in [-0.15, -0.1) is 0 Å². The van der Waals surface area contributed by atoms with E-state index in [1.165, 1.54) is 5.56 Å². The molecule has 2 aromatic rings. The van der Waals surface area contributed by atoms with Gasteiger partial charge in [0.2, 0.25) is 0 Å². The highest BCUT2D eigenvalue weighted by Gasteiger charge is 2.37. The lowest BCUT2D eigenvalue weighted by atomic mass is 9.79. The molecular weight excluding hydrogens is 350 g/mol. The summed E-state index contributed by atoms with van der Waals surface area (Å²) in [6, 6.07) is 8.27. The van der Waals surface area contributed by atoms with E-state index in [1.54, 1.807) is 0 Å². The van der Waals surface area contributed by atoms with Crippen LogP contribution in [-0.2, 0) is 22.4 Å². The van der Waals surface area contributed by atoms with Crippen molar-refractivity contribution in [1.29, 1.82) is 0 Å². The standard InChI is InChI=1S/C23H27N3O2/c1-4-28-23(27)18-14(3)25-22-20(19(18)15-11-9-13(2)10-12-15)21(24)16-7-5-6-8-17(16)26-22/h9-12,19H,4-8H2,1-3H3,(H3,24,25,26)/t19-/m0/s1. The molecule has 0 amide bonds. The van der Waals surface area contributed by atoms with E-state index < -0.39 is 0 Å². The molecule has 0 bridgehead atoms. The van der Waals surface area contributed by atoms with Crippen molar-refractivity contribution in [2.75, 3.05) is 17.7 Å². The second-order valence-corrected chi connectivity index (χ2v) is 7.65. The van der Waals surface area contributed by atoms with Crippen LogP contribution in [0.5, 0.6) is 0 Å². The lowest BCUT2D eigenvalue weighted by Gasteiger charge is -2.33. The predicted molar refractivity (Wildman–Crippen MR) is 111 cm³/mol. The van der Waals surface area contributed by atoms with Crippen LogP contribution in [-0.4, -0.2) is 17.6 Å². The number of benzene rings is 1. The Hall–Kier alpha value is -2.82. The maximum Gasteiger partial charge on any atom is 0.336 e. The van der Waals surface area contributed by atoms with Gasteiger partial charge < -0.3 is 15.8 Å². The zero-order valence-corrected chi connectivity index (χ0v) is 16.8. The number of rotatable bonds is 3. The molecule has 1 aromatic heterocycles. The molecule has 0 saturated carbocycles. The topological polar surface area (TPSA) is 77.2 Å². The van der Waals surface area contributed by atoms with Gasteiger partial charge >= 0.3 is 5.97 Å². The predicted octanol–water partition coefficient (Wildman–Crippen LogP) is 4.25. The molecule has 0 saturated heterocycles. The summed E-state index contributed by atoms with van der Waals surface area (Å²) in [7, 11) is 0. The Kier molecular flexibility index (Phi) is 4.84. The van der Waals surface area contributed by atoms with Crippen LogP contribution in [0.1, 0.15) is 60.6 Å². The second kappa shape index (κ2) is 7.30. The number of aryl methyl sites for hydroxylation is 2. The summed E-state index contributed by atoms with van der Waals surface area (Å²) in [4.78, 5) is 17.8. The maximum atomic E-state index is 12.9. The van der Waals surface area contributed by atoms with Crippen molar-refractivity contribution in [3.63, 3.8) is 0 Å². The summed E-state index contributed by atoms with van der Waals surface area (Å²) < 4.78 is 5.40. The molecule has 1 aromatic carbocycles. The molecule has 5 nitrogen and oxygen atoms in total. The lowest BCUT2D eigenvalue weighted by molar-refractivity contribution is -0.138. The number of anilines is 2. The van der Waals surface area contributed by atoms with Gasteiger partial charge in [-0.2, -0.15) is 0 Å². The van der Waals surface area contributed by atoms with Gasteiger partial charge in [0.25, 0.3) is 0 Å². The monoisotopic (exact) mass is 377 g/mol. The van der Waals surface area contributed by atoms with Crippen LogP contribution >= 0.6 is 0 Å². The molecule has 1 aliphatic heterocycles. The molecule has 28 heavy (non-hydrogen) atoms. The number of carbonyl (C=O) groups is 1. The van der Waals surface area contributed by atoms with Crippen LogP contribution < -0.4 is 11.1 Å². The fourth-order valence-electron chi connectivity index (χ4n) is 4.35. The SMILES string of the molecule is CCOC(=O)C1=C(C)Nc2nc3c(c(N)c2[C@H]1c1ccc(C)cc1)CCCC3. The third-order valence-electron chi connectivity index (χ3n) is 5.75. The van der Waals surface area contributed by atoms with Crippen molar-refractivity contribution in [2.24, 2.45) is 0 Å². The zero-order valence-electron chi connectivity index (χ0n) is 16.8. The minimum atomic E-state index is -0.305. The van der Waals surface area contributed by atoms with E-state index in [9.17, 15) is 4.79 Å². The Morgan fingerprint density at radius 2 is 1.93 bits per heavy atom. The Morgan fingerprint density at radius 1 is 1.21 bits per heavy atom. The van der Waals surface area contributed by atoms with Gasteiger partial charge in [0, 0.05) is 28.6 Å². The number of esters is 1. The summed E-state index contributed by atoms with van der Waals surface area (Å²) in [6.45, 7) is 6.12. The first-order valence-electron chi connectivity index (χ1n) is 10.0. The number of pyridine rings is 1. The van der Waals surface area contributed by atoms with Crippen molar-refractivity contribution < 1.29 is 9.53 Å². The van der Waals surface area contributed by atoms with E-state index >= 15 is 0 Å². The van der Waals surface area contributed by atoms with Crippen LogP contribution in [0, 0.1) is 6.92 Å². The van der Waals surface area contributed by atoms with E-state index in [0.29, 0.717) is 12.2 Å². The van der Waals surface area contributed by atoms with Gasteiger partial charge in [0.05, 0.1) is 12.2 Å². The molecule has 0 spiro atoms. The first kappa shape index (κ1) is 18.5. The van der Waals surface area contributed by atoms with Crippen LogP contribution in [0.25, 0.3) is 0 Å². The number of nitrogens with two attached hydrogens (primary N) is 1. The molecule has 0 radical (unpaired) electrons. The lowest BCUT2D eigenvalue weighted by Crippen LogP contribution is -2.27. The van der Waals surface area contributed by atoms with Gasteiger partial charge in [-0.3, -0.25) is 0 Å². The minimum Gasteiger partial charge on any atom is -0.463 e. The minimum absolute atomic E-state index is 0.282. The molecule has 0 unspecified atom stereocenters. The van der Waals surface area contributed by atoms with E-state index in [0.717, 1.165) is 65.3 Å². The van der Waals surface area contributed by atoms with Crippen LogP contribution in [0.4, 0.5) is 11.5 Å². The third-order valence-corrected chi connectivity index (χ3v) is 5.75. The first-order valence-corrected chi connectivity index (χ1v) is 10.0. The van der Waals surface area contributed by atoms with Crippen molar-refractivity contribution >= 4 is 17.5 Å². The van der Waals surface area contributed by atoms with Gasteiger partial charge in [0.15, 0.2) is 0 Å². The molecule has 146 valence electrons. The molecule has 1 aliphatic carbocycles. The number of hydrogen-bond acceptors (Lipinski definition) is 5. The molecule has 3 N–H and O–H groups in total. The Balaban J connectivity index is 1.95. The number of nitrogens with one attached hydrogen (secondary N) is 1. The van der Waals surface area contributed by atoms with E-state index in [1.807, 2.05) is 13.8 Å². The van der Waals surface area contributed by atoms with Gasteiger partial charge in [0.1, 0.15) is 5.82 Å². The molecule has 2 heterocycles. The number of fused-ring (bicyclic) bond motifs is 2. The number of hydrogen-bond donors (Lipinski definition) is 2. The summed E-state index contributed by atoms with van der Waals surface area (Å²) in [5, 5.41) is 3.34. The van der Waals surface area contributed by atoms with Crippen molar-refractivity contribution in [1.82, 2.24) is 4.98 Å². The van der Waals surface area contributed by atoms with Crippen LogP contribution in [0.15, 0.2) is 35.5 Å². The molecule has 2 aliphatic rings. The molecule has 5 heteroatoms. The van der Waals surface area contributed by atoms with Gasteiger partial charge in [-0.05, 0) is 57.6 Å². The normalized spacial score (nSPS) is 18.2. The third kappa shape index (κ3) is 3.05. The number of ether oxygens (including phenoxy) is 1. The maximum absolute atomic E-state index is 12.9. The fraction of sp³-hybridized carbons (Fsp3) is 0.391. The van der Waals surface area contributed by atoms with E-state index in [4.69, 9.17) is 15.5 Å². The number of carbonyl (C=O) groups excluding carboxylic acids is 1. The largest absolute Gasteiger partial charge is 0.463 e. The summed E-state index contributed by atoms with van der Waals surface area (Å²) in [5.74, 6) is 0.186. The molecular formula is C23H27N3O2. The highest BCUT2D eigenvalue weighted by atomic mass is 16.5. The quantitative estimate of drug-likeness (QED) is 0.782. The Morgan fingerprint density at radius 3 is 2.64 bits per heavy atom. The summed E-state index contributed by atoms with van der Waals surface area (Å²) in [5.41, 5.74) is 14.2. The number of allylic oxidation sites excluding steroid dienone is 1. The van der Waals surface area contributed by atoms with E-state index in [-0.39, 0.29) is 11.9 Å². The van der Waals surface area contributed by atoms with Gasteiger partial charge in [-0.1, -0.05) is 29.8 Å². The highest BCUT2D eigenvalue weighted by molar-refractivity contribution is 5.95. The number of aromatic nitrogens is 1. The average molecular weight is 377 g/mol. The summed E-state index contributed by atoms with van der Waals surface area (Å²) >= 11 is 0. The number of nitrogens with zero attached hydrogens (tertiary/aromatic N) is 1. The zero-order chi connectivity index (χ0) is 19.8. The Bertz CT molecular complexity index is 961.